The van der Waals surface area contributed by atoms with Crippen LogP contribution in [0.5, 0.6) is 5.75 Å². The van der Waals surface area contributed by atoms with E-state index in [0.29, 0.717) is 30.2 Å². The highest BCUT2D eigenvalue weighted by atomic mass is 16.5. The van der Waals surface area contributed by atoms with Crippen LogP contribution in [0, 0.1) is 0 Å². The number of rotatable bonds is 4. The van der Waals surface area contributed by atoms with Gasteiger partial charge in [-0.3, -0.25) is 9.48 Å². The van der Waals surface area contributed by atoms with Crippen molar-refractivity contribution in [1.82, 2.24) is 9.78 Å². The summed E-state index contributed by atoms with van der Waals surface area (Å²) in [6, 6.07) is 5.69. The molecule has 4 rings (SSSR count). The van der Waals surface area contributed by atoms with Gasteiger partial charge in [0.25, 0.3) is 5.91 Å². The fraction of sp³-hybridized carbons (Fsp3) is 0.444. The Morgan fingerprint density at radius 2 is 2.33 bits per heavy atom. The van der Waals surface area contributed by atoms with E-state index in [4.69, 9.17) is 15.1 Å². The zero-order valence-electron chi connectivity index (χ0n) is 15.2. The van der Waals surface area contributed by atoms with Gasteiger partial charge in [-0.2, -0.15) is 5.10 Å². The molecule has 142 valence electrons. The molecule has 1 saturated heterocycles. The second kappa shape index (κ2) is 7.24. The van der Waals surface area contributed by atoms with E-state index in [9.17, 15) is 9.82 Å². The van der Waals surface area contributed by atoms with Crippen LogP contribution in [0.25, 0.3) is 0 Å². The molecule has 2 atom stereocenters. The van der Waals surface area contributed by atoms with Crippen molar-refractivity contribution in [2.75, 3.05) is 18.5 Å². The SMILES string of the molecule is CC1Cc2cc(Nc3nn([C@@H]4CCCOC4)cc3C(N)=O)ccc2OB1O. The fourth-order valence-corrected chi connectivity index (χ4v) is 3.55. The van der Waals surface area contributed by atoms with Gasteiger partial charge in [0.15, 0.2) is 5.82 Å². The number of amides is 1. The monoisotopic (exact) mass is 370 g/mol. The number of carbonyl (C=O) groups excluding carboxylic acids is 1. The summed E-state index contributed by atoms with van der Waals surface area (Å²) in [5.74, 6) is 0.585. The summed E-state index contributed by atoms with van der Waals surface area (Å²) in [5.41, 5.74) is 7.67. The third-order valence-corrected chi connectivity index (χ3v) is 5.11. The molecule has 1 unspecified atom stereocenters. The molecule has 0 saturated carbocycles. The quantitative estimate of drug-likeness (QED) is 0.709. The van der Waals surface area contributed by atoms with E-state index in [1.165, 1.54) is 0 Å². The van der Waals surface area contributed by atoms with Gasteiger partial charge < -0.3 is 25.5 Å². The second-order valence-corrected chi connectivity index (χ2v) is 7.24. The molecule has 2 aliphatic heterocycles. The Hall–Kier alpha value is -2.52. The fourth-order valence-electron chi connectivity index (χ4n) is 3.55. The molecule has 2 aromatic rings. The van der Waals surface area contributed by atoms with Gasteiger partial charge in [-0.25, -0.2) is 0 Å². The van der Waals surface area contributed by atoms with E-state index in [0.717, 1.165) is 30.7 Å². The maximum Gasteiger partial charge on any atom is 0.525 e. The van der Waals surface area contributed by atoms with Gasteiger partial charge in [-0.05, 0) is 43.0 Å². The molecule has 4 N–H and O–H groups in total. The Kier molecular flexibility index (Phi) is 4.80. The molecule has 0 radical (unpaired) electrons. The van der Waals surface area contributed by atoms with Gasteiger partial charge in [-0.1, -0.05) is 6.92 Å². The van der Waals surface area contributed by atoms with E-state index >= 15 is 0 Å². The third kappa shape index (κ3) is 3.65. The standard InChI is InChI=1S/C18H23BN4O4/c1-11-7-12-8-13(4-5-16(12)27-19(11)25)21-18-15(17(20)24)9-23(22-18)14-3-2-6-26-10-14/h4-5,8-9,11,14,25H,2-3,6-7,10H2,1H3,(H2,20,24)(H,21,22)/t11?,14-/m1/s1. The lowest BCUT2D eigenvalue weighted by Gasteiger charge is -2.25. The lowest BCUT2D eigenvalue weighted by molar-refractivity contribution is 0.0550. The molecular formula is C18H23BN4O4. The maximum absolute atomic E-state index is 11.9. The lowest BCUT2D eigenvalue weighted by atomic mass is 9.68. The number of nitrogens with two attached hydrogens (primary N) is 1. The maximum atomic E-state index is 11.9. The first kappa shape index (κ1) is 17.9. The molecule has 1 aromatic carbocycles. The summed E-state index contributed by atoms with van der Waals surface area (Å²) in [6.07, 6.45) is 4.32. The van der Waals surface area contributed by atoms with Crippen molar-refractivity contribution >= 4 is 24.5 Å². The number of fused-ring (bicyclic) bond motifs is 1. The van der Waals surface area contributed by atoms with E-state index in [1.54, 1.807) is 10.9 Å². The van der Waals surface area contributed by atoms with Crippen molar-refractivity contribution in [3.8, 4) is 5.75 Å². The Morgan fingerprint density at radius 1 is 1.48 bits per heavy atom. The molecule has 1 aromatic heterocycles. The summed E-state index contributed by atoms with van der Waals surface area (Å²) in [5, 5.41) is 17.6. The first-order valence-electron chi connectivity index (χ1n) is 9.22. The van der Waals surface area contributed by atoms with Crippen LogP contribution in [-0.4, -0.2) is 41.0 Å². The predicted molar refractivity (Wildman–Crippen MR) is 101 cm³/mol. The van der Waals surface area contributed by atoms with E-state index in [2.05, 4.69) is 10.4 Å². The topological polar surface area (TPSA) is 112 Å². The van der Waals surface area contributed by atoms with Crippen LogP contribution in [0.2, 0.25) is 5.82 Å². The molecule has 0 aliphatic carbocycles. The Labute approximate surface area is 157 Å². The summed E-state index contributed by atoms with van der Waals surface area (Å²) in [7, 11) is -0.786. The molecule has 2 aliphatic rings. The first-order valence-corrected chi connectivity index (χ1v) is 9.22. The van der Waals surface area contributed by atoms with Crippen LogP contribution in [0.4, 0.5) is 11.5 Å². The predicted octanol–water partition coefficient (Wildman–Crippen LogP) is 1.88. The zero-order valence-corrected chi connectivity index (χ0v) is 15.2. The van der Waals surface area contributed by atoms with Gasteiger partial charge in [0.2, 0.25) is 0 Å². The van der Waals surface area contributed by atoms with E-state index in [-0.39, 0.29) is 11.9 Å². The Balaban J connectivity index is 1.59. The Morgan fingerprint density at radius 3 is 3.07 bits per heavy atom. The molecule has 1 amide bonds. The number of nitrogens with one attached hydrogen (secondary N) is 1. The minimum Gasteiger partial charge on any atom is -0.536 e. The van der Waals surface area contributed by atoms with E-state index < -0.39 is 13.0 Å². The van der Waals surface area contributed by atoms with Crippen molar-refractivity contribution in [2.24, 2.45) is 5.73 Å². The van der Waals surface area contributed by atoms with Gasteiger partial charge in [0.05, 0.1) is 12.6 Å². The Bertz CT molecular complexity index is 850. The first-order chi connectivity index (χ1) is 13.0. The molecule has 1 fully saturated rings. The number of aromatic nitrogens is 2. The molecule has 0 spiro atoms. The van der Waals surface area contributed by atoms with Crippen molar-refractivity contribution in [1.29, 1.82) is 0 Å². The smallest absolute Gasteiger partial charge is 0.525 e. The molecule has 8 nitrogen and oxygen atoms in total. The average Bonchev–Trinajstić information content (AvgIpc) is 3.08. The number of anilines is 2. The van der Waals surface area contributed by atoms with Crippen molar-refractivity contribution < 1.29 is 19.2 Å². The van der Waals surface area contributed by atoms with Crippen LogP contribution in [0.3, 0.4) is 0 Å². The summed E-state index contributed by atoms with van der Waals surface area (Å²) >= 11 is 0. The van der Waals surface area contributed by atoms with Gasteiger partial charge in [-0.15, -0.1) is 0 Å². The molecular weight excluding hydrogens is 347 g/mol. The van der Waals surface area contributed by atoms with Gasteiger partial charge >= 0.3 is 7.12 Å². The summed E-state index contributed by atoms with van der Waals surface area (Å²) in [6.45, 7) is 3.28. The normalized spacial score (nSPS) is 22.1. The average molecular weight is 370 g/mol. The highest BCUT2D eigenvalue weighted by molar-refractivity contribution is 6.46. The van der Waals surface area contributed by atoms with Gasteiger partial charge in [0.1, 0.15) is 11.3 Å². The van der Waals surface area contributed by atoms with Crippen LogP contribution in [-0.2, 0) is 11.2 Å². The summed E-state index contributed by atoms with van der Waals surface area (Å²) < 4.78 is 12.8. The minimum atomic E-state index is -0.786. The highest BCUT2D eigenvalue weighted by Gasteiger charge is 2.31. The molecule has 9 heteroatoms. The number of nitrogens with zero attached hydrogens (tertiary/aromatic N) is 2. The number of ether oxygens (including phenoxy) is 1. The largest absolute Gasteiger partial charge is 0.536 e. The van der Waals surface area contributed by atoms with E-state index in [1.807, 2.05) is 25.1 Å². The van der Waals surface area contributed by atoms with Crippen molar-refractivity contribution in [2.45, 2.75) is 38.0 Å². The highest BCUT2D eigenvalue weighted by Crippen LogP contribution is 2.34. The van der Waals surface area contributed by atoms with Crippen LogP contribution in [0.1, 0.15) is 41.7 Å². The van der Waals surface area contributed by atoms with Crippen LogP contribution >= 0.6 is 0 Å². The van der Waals surface area contributed by atoms with Crippen LogP contribution < -0.4 is 15.7 Å². The van der Waals surface area contributed by atoms with Crippen molar-refractivity contribution in [3.63, 3.8) is 0 Å². The summed E-state index contributed by atoms with van der Waals surface area (Å²) in [4.78, 5) is 11.9. The van der Waals surface area contributed by atoms with Crippen LogP contribution in [0.15, 0.2) is 24.4 Å². The number of benzene rings is 1. The molecule has 27 heavy (non-hydrogen) atoms. The second-order valence-electron chi connectivity index (χ2n) is 7.24. The minimum absolute atomic E-state index is 0.0134. The molecule has 0 bridgehead atoms. The zero-order chi connectivity index (χ0) is 19.0. The molecule has 3 heterocycles. The number of hydrogen-bond acceptors (Lipinski definition) is 6. The van der Waals surface area contributed by atoms with Crippen molar-refractivity contribution in [3.05, 3.63) is 35.5 Å². The number of primary amides is 1. The lowest BCUT2D eigenvalue weighted by Crippen LogP contribution is -2.32. The number of carbonyl (C=O) groups is 1. The third-order valence-electron chi connectivity index (χ3n) is 5.11. The number of hydrogen-bond donors (Lipinski definition) is 3. The van der Waals surface area contributed by atoms with Gasteiger partial charge in [0, 0.05) is 24.3 Å².